The van der Waals surface area contributed by atoms with Crippen molar-refractivity contribution in [1.29, 1.82) is 0 Å². The van der Waals surface area contributed by atoms with Crippen molar-refractivity contribution in [1.82, 2.24) is 19.2 Å². The standard InChI is InChI=1S/C20H16F2N6O2/c1-12-9-17-26-27(11-18(29)24-14-7-8-15(21)16(22)10-14)20(30)28(17)19(23-12)25-13-5-3-2-4-6-13/h2-10H,11H2,1H3,(H,23,25)(H,24,29). The summed E-state index contributed by atoms with van der Waals surface area (Å²) in [7, 11) is 0. The number of nitrogens with zero attached hydrogens (tertiary/aromatic N) is 4. The molecule has 8 nitrogen and oxygen atoms in total. The van der Waals surface area contributed by atoms with Gasteiger partial charge >= 0.3 is 5.69 Å². The molecule has 0 atom stereocenters. The van der Waals surface area contributed by atoms with Crippen LogP contribution in [0.1, 0.15) is 5.69 Å². The minimum atomic E-state index is -1.09. The maximum Gasteiger partial charge on any atom is 0.353 e. The minimum Gasteiger partial charge on any atom is -0.325 e. The number of nitrogens with one attached hydrogen (secondary N) is 2. The first-order valence-electron chi connectivity index (χ1n) is 8.95. The Hall–Kier alpha value is -4.08. The van der Waals surface area contributed by atoms with Gasteiger partial charge in [-0.1, -0.05) is 18.2 Å². The van der Waals surface area contributed by atoms with Crippen molar-refractivity contribution < 1.29 is 13.6 Å². The third kappa shape index (κ3) is 3.88. The molecule has 0 aliphatic carbocycles. The Kier molecular flexibility index (Phi) is 4.97. The Labute approximate surface area is 168 Å². The van der Waals surface area contributed by atoms with Crippen molar-refractivity contribution in [3.8, 4) is 0 Å². The number of anilines is 3. The molecule has 10 heteroatoms. The van der Waals surface area contributed by atoms with Gasteiger partial charge in [0.05, 0.1) is 0 Å². The van der Waals surface area contributed by atoms with Crippen molar-refractivity contribution >= 4 is 28.9 Å². The van der Waals surface area contributed by atoms with Crippen molar-refractivity contribution in [3.63, 3.8) is 0 Å². The van der Waals surface area contributed by atoms with E-state index in [0.29, 0.717) is 11.3 Å². The monoisotopic (exact) mass is 410 g/mol. The Balaban J connectivity index is 1.62. The highest BCUT2D eigenvalue weighted by atomic mass is 19.2. The first-order valence-corrected chi connectivity index (χ1v) is 8.95. The number of aryl methyl sites for hydroxylation is 1. The second-order valence-electron chi connectivity index (χ2n) is 6.52. The summed E-state index contributed by atoms with van der Waals surface area (Å²) in [5.74, 6) is -2.47. The quantitative estimate of drug-likeness (QED) is 0.528. The number of para-hydroxylation sites is 1. The highest BCUT2D eigenvalue weighted by Gasteiger charge is 2.16. The summed E-state index contributed by atoms with van der Waals surface area (Å²) in [5.41, 5.74) is 1.17. The van der Waals surface area contributed by atoms with Gasteiger partial charge in [0.2, 0.25) is 11.9 Å². The molecule has 0 radical (unpaired) electrons. The lowest BCUT2D eigenvalue weighted by Crippen LogP contribution is -2.29. The van der Waals surface area contributed by atoms with E-state index in [1.54, 1.807) is 13.0 Å². The molecule has 0 spiro atoms. The normalized spacial score (nSPS) is 10.9. The van der Waals surface area contributed by atoms with Gasteiger partial charge in [0, 0.05) is 29.2 Å². The van der Waals surface area contributed by atoms with Crippen LogP contribution in [0.5, 0.6) is 0 Å². The molecule has 0 saturated carbocycles. The molecule has 0 bridgehead atoms. The number of aromatic nitrogens is 4. The zero-order valence-corrected chi connectivity index (χ0v) is 15.8. The Bertz CT molecular complexity index is 1300. The number of amides is 1. The fourth-order valence-electron chi connectivity index (χ4n) is 2.90. The Morgan fingerprint density at radius 1 is 1.03 bits per heavy atom. The lowest BCUT2D eigenvalue weighted by atomic mass is 10.3. The van der Waals surface area contributed by atoms with Crippen LogP contribution in [-0.2, 0) is 11.3 Å². The van der Waals surface area contributed by atoms with E-state index in [4.69, 9.17) is 0 Å². The van der Waals surface area contributed by atoms with Crippen molar-refractivity contribution in [2.75, 3.05) is 10.6 Å². The topological polar surface area (TPSA) is 93.3 Å². The molecule has 0 aliphatic heterocycles. The van der Waals surface area contributed by atoms with E-state index in [0.717, 1.165) is 22.5 Å². The highest BCUT2D eigenvalue weighted by molar-refractivity contribution is 5.90. The molecule has 0 aliphatic rings. The average molecular weight is 410 g/mol. The number of carbonyl (C=O) groups is 1. The van der Waals surface area contributed by atoms with Gasteiger partial charge in [-0.2, -0.15) is 0 Å². The van der Waals surface area contributed by atoms with Crippen LogP contribution in [0.2, 0.25) is 0 Å². The molecule has 30 heavy (non-hydrogen) atoms. The van der Waals surface area contributed by atoms with E-state index in [1.807, 2.05) is 30.3 Å². The predicted molar refractivity (Wildman–Crippen MR) is 107 cm³/mol. The molecule has 0 saturated heterocycles. The molecule has 0 fully saturated rings. The third-order valence-corrected chi connectivity index (χ3v) is 4.22. The molecule has 4 rings (SSSR count). The van der Waals surface area contributed by atoms with Crippen LogP contribution in [0.4, 0.5) is 26.1 Å². The third-order valence-electron chi connectivity index (χ3n) is 4.22. The molecule has 0 unspecified atom stereocenters. The van der Waals surface area contributed by atoms with Crippen molar-refractivity contribution in [2.24, 2.45) is 0 Å². The van der Waals surface area contributed by atoms with Crippen LogP contribution in [0.25, 0.3) is 5.65 Å². The maximum atomic E-state index is 13.3. The van der Waals surface area contributed by atoms with Crippen LogP contribution in [0, 0.1) is 18.6 Å². The van der Waals surface area contributed by atoms with Gasteiger partial charge in [0.1, 0.15) is 6.54 Å². The van der Waals surface area contributed by atoms with E-state index >= 15 is 0 Å². The second kappa shape index (κ2) is 7.74. The van der Waals surface area contributed by atoms with Crippen LogP contribution in [0.15, 0.2) is 59.4 Å². The van der Waals surface area contributed by atoms with Crippen molar-refractivity contribution in [3.05, 3.63) is 82.4 Å². The molecule has 2 aromatic heterocycles. The van der Waals surface area contributed by atoms with E-state index in [2.05, 4.69) is 20.7 Å². The van der Waals surface area contributed by atoms with E-state index in [1.165, 1.54) is 10.5 Å². The summed E-state index contributed by atoms with van der Waals surface area (Å²) in [6.07, 6.45) is 0. The van der Waals surface area contributed by atoms with E-state index in [9.17, 15) is 18.4 Å². The molecule has 2 N–H and O–H groups in total. The first kappa shape index (κ1) is 19.2. The molecule has 2 aromatic carbocycles. The predicted octanol–water partition coefficient (Wildman–Crippen LogP) is 2.86. The molecular weight excluding hydrogens is 394 g/mol. The number of hydrogen-bond donors (Lipinski definition) is 2. The molecule has 2 heterocycles. The summed E-state index contributed by atoms with van der Waals surface area (Å²) in [6, 6.07) is 13.8. The zero-order chi connectivity index (χ0) is 21.3. The van der Waals surface area contributed by atoms with E-state index < -0.39 is 29.8 Å². The SMILES string of the molecule is Cc1cc2nn(CC(=O)Nc3ccc(F)c(F)c3)c(=O)n2c(Nc2ccccc2)n1. The maximum absolute atomic E-state index is 13.3. The van der Waals surface area contributed by atoms with Gasteiger partial charge in [-0.05, 0) is 31.2 Å². The lowest BCUT2D eigenvalue weighted by Gasteiger charge is -2.07. The number of rotatable bonds is 5. The fourth-order valence-corrected chi connectivity index (χ4v) is 2.90. The summed E-state index contributed by atoms with van der Waals surface area (Å²) in [5, 5.41) is 9.66. The number of halogens is 2. The van der Waals surface area contributed by atoms with Crippen LogP contribution < -0.4 is 16.3 Å². The Morgan fingerprint density at radius 2 is 1.80 bits per heavy atom. The highest BCUT2D eigenvalue weighted by Crippen LogP contribution is 2.16. The molecule has 152 valence electrons. The van der Waals surface area contributed by atoms with Gasteiger partial charge in [-0.3, -0.25) is 4.79 Å². The lowest BCUT2D eigenvalue weighted by molar-refractivity contribution is -0.117. The summed E-state index contributed by atoms with van der Waals surface area (Å²) in [4.78, 5) is 29.5. The molecule has 1 amide bonds. The van der Waals surface area contributed by atoms with Crippen LogP contribution >= 0.6 is 0 Å². The molecular formula is C20H16F2N6O2. The summed E-state index contributed by atoms with van der Waals surface area (Å²) < 4.78 is 28.6. The average Bonchev–Trinajstić information content (AvgIpc) is 3.00. The van der Waals surface area contributed by atoms with Gasteiger partial charge in [-0.15, -0.1) is 5.10 Å². The smallest absolute Gasteiger partial charge is 0.325 e. The summed E-state index contributed by atoms with van der Waals surface area (Å²) >= 11 is 0. The Morgan fingerprint density at radius 3 is 2.53 bits per heavy atom. The van der Waals surface area contributed by atoms with Gasteiger partial charge in [0.25, 0.3) is 0 Å². The van der Waals surface area contributed by atoms with Gasteiger partial charge in [-0.25, -0.2) is 27.6 Å². The van der Waals surface area contributed by atoms with Crippen LogP contribution in [0.3, 0.4) is 0 Å². The number of carbonyl (C=O) groups excluding carboxylic acids is 1. The number of benzene rings is 2. The largest absolute Gasteiger partial charge is 0.353 e. The number of fused-ring (bicyclic) bond motifs is 1. The number of hydrogen-bond acceptors (Lipinski definition) is 5. The van der Waals surface area contributed by atoms with Crippen molar-refractivity contribution in [2.45, 2.75) is 13.5 Å². The summed E-state index contributed by atoms with van der Waals surface area (Å²) in [6.45, 7) is 1.35. The second-order valence-corrected chi connectivity index (χ2v) is 6.52. The molecule has 4 aromatic rings. The van der Waals surface area contributed by atoms with Gasteiger partial charge in [0.15, 0.2) is 17.3 Å². The van der Waals surface area contributed by atoms with Gasteiger partial charge < -0.3 is 10.6 Å². The zero-order valence-electron chi connectivity index (χ0n) is 15.8. The minimum absolute atomic E-state index is 0.0691. The fraction of sp³-hybridized carbons (Fsp3) is 0.100. The first-order chi connectivity index (χ1) is 14.4. The van der Waals surface area contributed by atoms with Crippen LogP contribution in [-0.4, -0.2) is 25.1 Å². The van der Waals surface area contributed by atoms with E-state index in [-0.39, 0.29) is 11.6 Å².